The van der Waals surface area contributed by atoms with Crippen LogP contribution in [0.1, 0.15) is 23.3 Å². The van der Waals surface area contributed by atoms with Gasteiger partial charge >= 0.3 is 0 Å². The van der Waals surface area contributed by atoms with Crippen molar-refractivity contribution in [2.24, 2.45) is 0 Å². The average Bonchev–Trinajstić information content (AvgIpc) is 3.37. The Kier molecular flexibility index (Phi) is 2.03. The number of epoxide rings is 1. The Morgan fingerprint density at radius 1 is 0.826 bits per heavy atom. The van der Waals surface area contributed by atoms with E-state index >= 15 is 0 Å². The fourth-order valence-corrected chi connectivity index (χ4v) is 4.40. The molecule has 6 rings (SSSR count). The van der Waals surface area contributed by atoms with Gasteiger partial charge in [0.1, 0.15) is 24.4 Å². The maximum Gasteiger partial charge on any atom is 0.118 e. The van der Waals surface area contributed by atoms with E-state index in [1.165, 1.54) is 21.5 Å². The molecule has 4 aromatic carbocycles. The first kappa shape index (κ1) is 12.3. The van der Waals surface area contributed by atoms with Crippen LogP contribution in [0.2, 0.25) is 0 Å². The summed E-state index contributed by atoms with van der Waals surface area (Å²) < 4.78 is 5.67. The fraction of sp³-hybridized carbons (Fsp3) is 0.200. The van der Waals surface area contributed by atoms with E-state index in [9.17, 15) is 10.2 Å². The molecule has 0 unspecified atom stereocenters. The Morgan fingerprint density at radius 3 is 2.39 bits per heavy atom. The maximum absolute atomic E-state index is 10.5. The molecule has 0 spiro atoms. The number of ether oxygens (including phenoxy) is 1. The third-order valence-electron chi connectivity index (χ3n) is 5.51. The molecule has 3 nitrogen and oxygen atoms in total. The Bertz CT molecular complexity index is 1080. The highest BCUT2D eigenvalue weighted by molar-refractivity contribution is 6.23. The van der Waals surface area contributed by atoms with Crippen LogP contribution in [-0.4, -0.2) is 22.4 Å². The average molecular weight is 302 g/mol. The van der Waals surface area contributed by atoms with Gasteiger partial charge in [-0.3, -0.25) is 0 Å². The number of hydrogen-bond acceptors (Lipinski definition) is 3. The van der Waals surface area contributed by atoms with Gasteiger partial charge in [-0.25, -0.2) is 0 Å². The van der Waals surface area contributed by atoms with E-state index < -0.39 is 12.2 Å². The van der Waals surface area contributed by atoms with Crippen LogP contribution in [0.25, 0.3) is 32.3 Å². The van der Waals surface area contributed by atoms with Crippen molar-refractivity contribution in [2.45, 2.75) is 24.4 Å². The molecule has 1 fully saturated rings. The first-order chi connectivity index (χ1) is 11.2. The number of benzene rings is 4. The van der Waals surface area contributed by atoms with E-state index in [1.807, 2.05) is 6.07 Å². The van der Waals surface area contributed by atoms with Crippen molar-refractivity contribution in [3.63, 3.8) is 0 Å². The molecule has 4 atom stereocenters. The van der Waals surface area contributed by atoms with Crippen LogP contribution in [-0.2, 0) is 4.74 Å². The molecule has 2 N–H and O–H groups in total. The van der Waals surface area contributed by atoms with Crippen molar-refractivity contribution in [3.05, 3.63) is 59.7 Å². The van der Waals surface area contributed by atoms with Gasteiger partial charge in [0.2, 0.25) is 0 Å². The van der Waals surface area contributed by atoms with Gasteiger partial charge in [-0.2, -0.15) is 0 Å². The minimum atomic E-state index is -0.879. The van der Waals surface area contributed by atoms with Crippen LogP contribution < -0.4 is 0 Å². The second-order valence-corrected chi connectivity index (χ2v) is 6.69. The SMILES string of the molecule is O[C@@H]1[C@H]2O[C@H]2c2c(cc3ccc4cccc5ccc2c3c45)[C@H]1O. The maximum atomic E-state index is 10.5. The number of aliphatic hydroxyl groups excluding tert-OH is 2. The van der Waals surface area contributed by atoms with E-state index in [0.29, 0.717) is 0 Å². The Balaban J connectivity index is 1.86. The summed E-state index contributed by atoms with van der Waals surface area (Å²) in [6.07, 6.45) is -2.07. The molecule has 0 saturated carbocycles. The molecular formula is C20H14O3. The topological polar surface area (TPSA) is 53.0 Å². The number of aliphatic hydroxyl groups is 2. The summed E-state index contributed by atoms with van der Waals surface area (Å²) in [5.74, 6) is 0. The number of rotatable bonds is 0. The van der Waals surface area contributed by atoms with Crippen molar-refractivity contribution in [1.29, 1.82) is 0 Å². The van der Waals surface area contributed by atoms with Gasteiger partial charge in [-0.05, 0) is 49.5 Å². The third-order valence-corrected chi connectivity index (χ3v) is 5.51. The van der Waals surface area contributed by atoms with Crippen molar-refractivity contribution in [1.82, 2.24) is 0 Å². The van der Waals surface area contributed by atoms with Gasteiger partial charge in [0.25, 0.3) is 0 Å². The van der Waals surface area contributed by atoms with Gasteiger partial charge in [-0.15, -0.1) is 0 Å². The Morgan fingerprint density at radius 2 is 1.57 bits per heavy atom. The van der Waals surface area contributed by atoms with Crippen LogP contribution in [0, 0.1) is 0 Å². The zero-order valence-corrected chi connectivity index (χ0v) is 12.2. The van der Waals surface area contributed by atoms with E-state index in [0.717, 1.165) is 21.9 Å². The Labute approximate surface area is 132 Å². The summed E-state index contributed by atoms with van der Waals surface area (Å²) in [6.45, 7) is 0. The second-order valence-electron chi connectivity index (χ2n) is 6.69. The van der Waals surface area contributed by atoms with Gasteiger partial charge in [0.05, 0.1) is 0 Å². The quantitative estimate of drug-likeness (QED) is 0.386. The molecular weight excluding hydrogens is 288 g/mol. The van der Waals surface area contributed by atoms with E-state index in [1.54, 1.807) is 0 Å². The summed E-state index contributed by atoms with van der Waals surface area (Å²) in [4.78, 5) is 0. The largest absolute Gasteiger partial charge is 0.387 e. The molecule has 1 heterocycles. The van der Waals surface area contributed by atoms with E-state index in [4.69, 9.17) is 4.74 Å². The smallest absolute Gasteiger partial charge is 0.118 e. The molecule has 2 aliphatic rings. The van der Waals surface area contributed by atoms with Crippen molar-refractivity contribution in [3.8, 4) is 0 Å². The minimum absolute atomic E-state index is 0.0898. The highest BCUT2D eigenvalue weighted by Gasteiger charge is 2.54. The van der Waals surface area contributed by atoms with Crippen molar-refractivity contribution < 1.29 is 14.9 Å². The lowest BCUT2D eigenvalue weighted by atomic mass is 9.81. The summed E-state index contributed by atoms with van der Waals surface area (Å²) >= 11 is 0. The molecule has 1 aliphatic heterocycles. The van der Waals surface area contributed by atoms with Gasteiger partial charge in [0, 0.05) is 0 Å². The zero-order chi connectivity index (χ0) is 15.3. The summed E-state index contributed by atoms with van der Waals surface area (Å²) in [7, 11) is 0. The molecule has 4 aromatic rings. The lowest BCUT2D eigenvalue weighted by Crippen LogP contribution is -2.29. The van der Waals surface area contributed by atoms with Gasteiger partial charge < -0.3 is 14.9 Å². The van der Waals surface area contributed by atoms with E-state index in [2.05, 4.69) is 42.5 Å². The fourth-order valence-electron chi connectivity index (χ4n) is 4.40. The van der Waals surface area contributed by atoms with Crippen LogP contribution in [0.3, 0.4) is 0 Å². The predicted octanol–water partition coefficient (Wildman–Crippen LogP) is 3.43. The highest BCUT2D eigenvalue weighted by Crippen LogP contribution is 2.54. The Hall–Kier alpha value is -2.20. The molecule has 0 radical (unpaired) electrons. The van der Waals surface area contributed by atoms with Crippen LogP contribution >= 0.6 is 0 Å². The summed E-state index contributed by atoms with van der Waals surface area (Å²) in [5.41, 5.74) is 1.86. The summed E-state index contributed by atoms with van der Waals surface area (Å²) in [5, 5.41) is 27.8. The molecule has 0 bridgehead atoms. The van der Waals surface area contributed by atoms with Crippen LogP contribution in [0.15, 0.2) is 48.5 Å². The highest BCUT2D eigenvalue weighted by atomic mass is 16.6. The van der Waals surface area contributed by atoms with Crippen molar-refractivity contribution in [2.75, 3.05) is 0 Å². The zero-order valence-electron chi connectivity index (χ0n) is 12.2. The lowest BCUT2D eigenvalue weighted by Gasteiger charge is -2.25. The molecule has 0 aromatic heterocycles. The standard InChI is InChI=1S/C20H14O3/c21-17-13-8-11-5-4-9-2-1-3-10-6-7-12(15(11)14(9)10)16(13)19-20(23-19)18(17)22/h1-8,17-22H/t17-,18+,19+,20-/m1/s1. The normalized spacial score (nSPS) is 29.1. The summed E-state index contributed by atoms with van der Waals surface area (Å²) in [6, 6.07) is 16.9. The first-order valence-electron chi connectivity index (χ1n) is 7.96. The van der Waals surface area contributed by atoms with Gasteiger partial charge in [-0.1, -0.05) is 42.5 Å². The predicted molar refractivity (Wildman–Crippen MR) is 88.7 cm³/mol. The molecule has 23 heavy (non-hydrogen) atoms. The lowest BCUT2D eigenvalue weighted by molar-refractivity contribution is 0.000163. The third kappa shape index (κ3) is 1.36. The van der Waals surface area contributed by atoms with Crippen molar-refractivity contribution >= 4 is 32.3 Å². The molecule has 112 valence electrons. The monoisotopic (exact) mass is 302 g/mol. The van der Waals surface area contributed by atoms with Gasteiger partial charge in [0.15, 0.2) is 0 Å². The minimum Gasteiger partial charge on any atom is -0.387 e. The number of hydrogen-bond donors (Lipinski definition) is 2. The molecule has 1 aliphatic carbocycles. The van der Waals surface area contributed by atoms with E-state index in [-0.39, 0.29) is 12.2 Å². The molecule has 3 heteroatoms. The first-order valence-corrected chi connectivity index (χ1v) is 7.96. The van der Waals surface area contributed by atoms with Crippen LogP contribution in [0.4, 0.5) is 0 Å². The number of fused-ring (bicyclic) bond motifs is 4. The molecule has 0 amide bonds. The second kappa shape index (κ2) is 3.82. The molecule has 1 saturated heterocycles. The van der Waals surface area contributed by atoms with Crippen LogP contribution in [0.5, 0.6) is 0 Å².